The van der Waals surface area contributed by atoms with Gasteiger partial charge in [0.05, 0.1) is 18.8 Å². The first-order valence-corrected chi connectivity index (χ1v) is 8.36. The number of hydrogen-bond acceptors (Lipinski definition) is 3. The van der Waals surface area contributed by atoms with Crippen LogP contribution >= 0.6 is 0 Å². The van der Waals surface area contributed by atoms with Gasteiger partial charge in [0.1, 0.15) is 5.75 Å². The molecule has 1 saturated carbocycles. The molecule has 2 rings (SSSR count). The molecule has 3 heteroatoms. The largest absolute Gasteiger partial charge is 0.494 e. The van der Waals surface area contributed by atoms with Crippen molar-refractivity contribution in [2.75, 3.05) is 13.2 Å². The Kier molecular flexibility index (Phi) is 6.52. The molecule has 2 unspecified atom stereocenters. The third-order valence-electron chi connectivity index (χ3n) is 4.38. The zero-order chi connectivity index (χ0) is 15.1. The number of hydrogen-bond donors (Lipinski definition) is 1. The van der Waals surface area contributed by atoms with Gasteiger partial charge in [-0.1, -0.05) is 31.4 Å². The smallest absolute Gasteiger partial charge is 0.119 e. The van der Waals surface area contributed by atoms with Crippen LogP contribution in [0.4, 0.5) is 0 Å². The van der Waals surface area contributed by atoms with E-state index < -0.39 is 0 Å². The quantitative estimate of drug-likeness (QED) is 0.823. The highest BCUT2D eigenvalue weighted by molar-refractivity contribution is 5.31. The molecule has 1 fully saturated rings. The van der Waals surface area contributed by atoms with E-state index in [1.54, 1.807) is 0 Å². The van der Waals surface area contributed by atoms with E-state index in [1.165, 1.54) is 32.1 Å². The molecule has 2 N–H and O–H groups in total. The zero-order valence-corrected chi connectivity index (χ0v) is 13.4. The second-order valence-electron chi connectivity index (χ2n) is 5.85. The van der Waals surface area contributed by atoms with Gasteiger partial charge in [0.2, 0.25) is 0 Å². The summed E-state index contributed by atoms with van der Waals surface area (Å²) in [5, 5.41) is 0. The highest BCUT2D eigenvalue weighted by Gasteiger charge is 2.30. The van der Waals surface area contributed by atoms with Crippen LogP contribution in [0.1, 0.15) is 57.6 Å². The average Bonchev–Trinajstić information content (AvgIpc) is 2.53. The fraction of sp³-hybridized carbons (Fsp3) is 0.667. The van der Waals surface area contributed by atoms with Crippen LogP contribution in [0.25, 0.3) is 0 Å². The SMILES string of the molecule is CCOc1cccc(C(N)C(OCC)C2CCCCC2)c1. The molecule has 1 aromatic rings. The Bertz CT molecular complexity index is 415. The lowest BCUT2D eigenvalue weighted by Gasteiger charge is -2.34. The van der Waals surface area contributed by atoms with E-state index in [1.807, 2.05) is 19.1 Å². The lowest BCUT2D eigenvalue weighted by molar-refractivity contribution is -0.00988. The van der Waals surface area contributed by atoms with E-state index in [-0.39, 0.29) is 12.1 Å². The predicted molar refractivity (Wildman–Crippen MR) is 86.5 cm³/mol. The van der Waals surface area contributed by atoms with Crippen molar-refractivity contribution >= 4 is 0 Å². The molecule has 0 heterocycles. The molecule has 0 bridgehead atoms. The van der Waals surface area contributed by atoms with Gasteiger partial charge in [0, 0.05) is 6.61 Å². The van der Waals surface area contributed by atoms with Crippen molar-refractivity contribution in [1.82, 2.24) is 0 Å². The van der Waals surface area contributed by atoms with Crippen LogP contribution in [0.2, 0.25) is 0 Å². The topological polar surface area (TPSA) is 44.5 Å². The number of nitrogens with two attached hydrogens (primary N) is 1. The molecule has 0 spiro atoms. The first-order chi connectivity index (χ1) is 10.3. The summed E-state index contributed by atoms with van der Waals surface area (Å²) in [7, 11) is 0. The van der Waals surface area contributed by atoms with Crippen LogP contribution in [0.15, 0.2) is 24.3 Å². The van der Waals surface area contributed by atoms with Gasteiger partial charge in [-0.3, -0.25) is 0 Å². The van der Waals surface area contributed by atoms with Crippen LogP contribution in [-0.4, -0.2) is 19.3 Å². The Hall–Kier alpha value is -1.06. The first-order valence-electron chi connectivity index (χ1n) is 8.36. The van der Waals surface area contributed by atoms with Gasteiger partial charge in [0.25, 0.3) is 0 Å². The molecule has 0 aromatic heterocycles. The Balaban J connectivity index is 2.12. The highest BCUT2D eigenvalue weighted by Crippen LogP contribution is 2.34. The van der Waals surface area contributed by atoms with E-state index in [0.717, 1.165) is 17.9 Å². The lowest BCUT2D eigenvalue weighted by atomic mass is 9.81. The molecule has 3 nitrogen and oxygen atoms in total. The maximum Gasteiger partial charge on any atom is 0.119 e. The minimum Gasteiger partial charge on any atom is -0.494 e. The van der Waals surface area contributed by atoms with Gasteiger partial charge in [-0.2, -0.15) is 0 Å². The van der Waals surface area contributed by atoms with Crippen molar-refractivity contribution in [3.8, 4) is 5.75 Å². The molecule has 1 aliphatic rings. The summed E-state index contributed by atoms with van der Waals surface area (Å²) in [4.78, 5) is 0. The summed E-state index contributed by atoms with van der Waals surface area (Å²) in [5.41, 5.74) is 7.66. The van der Waals surface area contributed by atoms with Crippen molar-refractivity contribution in [2.45, 2.75) is 58.1 Å². The normalized spacial score (nSPS) is 19.2. The van der Waals surface area contributed by atoms with E-state index in [2.05, 4.69) is 19.1 Å². The van der Waals surface area contributed by atoms with Crippen LogP contribution in [0, 0.1) is 5.92 Å². The minimum atomic E-state index is -0.0755. The van der Waals surface area contributed by atoms with Gasteiger partial charge < -0.3 is 15.2 Å². The van der Waals surface area contributed by atoms with E-state index in [0.29, 0.717) is 12.5 Å². The van der Waals surface area contributed by atoms with E-state index >= 15 is 0 Å². The molecule has 0 saturated heterocycles. The van der Waals surface area contributed by atoms with E-state index in [9.17, 15) is 0 Å². The third-order valence-corrected chi connectivity index (χ3v) is 4.38. The summed E-state index contributed by atoms with van der Waals surface area (Å²) in [6, 6.07) is 8.07. The summed E-state index contributed by atoms with van der Waals surface area (Å²) < 4.78 is 11.6. The van der Waals surface area contributed by atoms with Gasteiger partial charge in [-0.15, -0.1) is 0 Å². The van der Waals surface area contributed by atoms with Crippen LogP contribution in [0.3, 0.4) is 0 Å². The zero-order valence-electron chi connectivity index (χ0n) is 13.4. The molecule has 0 radical (unpaired) electrons. The van der Waals surface area contributed by atoms with Crippen molar-refractivity contribution in [3.63, 3.8) is 0 Å². The molecular formula is C18H29NO2. The highest BCUT2D eigenvalue weighted by atomic mass is 16.5. The average molecular weight is 291 g/mol. The van der Waals surface area contributed by atoms with Crippen LogP contribution in [0.5, 0.6) is 5.75 Å². The Morgan fingerprint density at radius 1 is 1.14 bits per heavy atom. The monoisotopic (exact) mass is 291 g/mol. The first kappa shape index (κ1) is 16.3. The molecule has 1 aromatic carbocycles. The Morgan fingerprint density at radius 2 is 1.90 bits per heavy atom. The summed E-state index contributed by atoms with van der Waals surface area (Å²) >= 11 is 0. The van der Waals surface area contributed by atoms with E-state index in [4.69, 9.17) is 15.2 Å². The molecule has 2 atom stereocenters. The maximum absolute atomic E-state index is 6.54. The third kappa shape index (κ3) is 4.45. The lowest BCUT2D eigenvalue weighted by Crippen LogP contribution is -2.36. The van der Waals surface area contributed by atoms with Gasteiger partial charge in [-0.25, -0.2) is 0 Å². The second kappa shape index (κ2) is 8.40. The van der Waals surface area contributed by atoms with Crippen LogP contribution < -0.4 is 10.5 Å². The molecule has 0 aliphatic heterocycles. The second-order valence-corrected chi connectivity index (χ2v) is 5.85. The molecule has 1 aliphatic carbocycles. The number of benzene rings is 1. The van der Waals surface area contributed by atoms with Gasteiger partial charge in [0.15, 0.2) is 0 Å². The van der Waals surface area contributed by atoms with Gasteiger partial charge >= 0.3 is 0 Å². The molecule has 0 amide bonds. The summed E-state index contributed by atoms with van der Waals surface area (Å²) in [5.74, 6) is 1.48. The molecule has 118 valence electrons. The Labute approximate surface area is 128 Å². The predicted octanol–water partition coefficient (Wildman–Crippen LogP) is 4.07. The molecular weight excluding hydrogens is 262 g/mol. The van der Waals surface area contributed by atoms with Crippen molar-refractivity contribution in [3.05, 3.63) is 29.8 Å². The Morgan fingerprint density at radius 3 is 2.57 bits per heavy atom. The number of rotatable bonds is 7. The molecule has 21 heavy (non-hydrogen) atoms. The van der Waals surface area contributed by atoms with Crippen molar-refractivity contribution in [2.24, 2.45) is 11.7 Å². The van der Waals surface area contributed by atoms with Crippen molar-refractivity contribution in [1.29, 1.82) is 0 Å². The fourth-order valence-corrected chi connectivity index (χ4v) is 3.36. The minimum absolute atomic E-state index is 0.0755. The number of ether oxygens (including phenoxy) is 2. The maximum atomic E-state index is 6.54. The van der Waals surface area contributed by atoms with Crippen LogP contribution in [-0.2, 0) is 4.74 Å². The summed E-state index contributed by atoms with van der Waals surface area (Å²) in [6.45, 7) is 5.45. The van der Waals surface area contributed by atoms with Gasteiger partial charge in [-0.05, 0) is 50.3 Å². The standard InChI is InChI=1S/C18H29NO2/c1-3-20-16-12-8-11-15(13-16)17(19)18(21-4-2)14-9-6-5-7-10-14/h8,11-14,17-18H,3-7,9-10,19H2,1-2H3. The van der Waals surface area contributed by atoms with Crippen molar-refractivity contribution < 1.29 is 9.47 Å². The summed E-state index contributed by atoms with van der Waals surface area (Å²) in [6.07, 6.45) is 6.56. The fourth-order valence-electron chi connectivity index (χ4n) is 3.36.